The minimum absolute atomic E-state index is 0.0344. The third-order valence-electron chi connectivity index (χ3n) is 3.82. The Bertz CT molecular complexity index is 879. The summed E-state index contributed by atoms with van der Waals surface area (Å²) in [5.41, 5.74) is -0.752. The summed E-state index contributed by atoms with van der Waals surface area (Å²) < 4.78 is 42.8. The van der Waals surface area contributed by atoms with Crippen molar-refractivity contribution in [2.75, 3.05) is 25.1 Å². The molecule has 0 spiro atoms. The Morgan fingerprint density at radius 3 is 2.46 bits per heavy atom. The Hall–Kier alpha value is -3.32. The van der Waals surface area contributed by atoms with Gasteiger partial charge in [-0.15, -0.1) is 0 Å². The van der Waals surface area contributed by atoms with Crippen LogP contribution in [0.3, 0.4) is 0 Å². The quantitative estimate of drug-likeness (QED) is 0.570. The number of hydrogen-bond acceptors (Lipinski definition) is 6. The van der Waals surface area contributed by atoms with Gasteiger partial charge in [-0.1, -0.05) is 0 Å². The molecule has 28 heavy (non-hydrogen) atoms. The van der Waals surface area contributed by atoms with Crippen LogP contribution in [0.4, 0.5) is 24.5 Å². The van der Waals surface area contributed by atoms with Gasteiger partial charge < -0.3 is 14.7 Å². The van der Waals surface area contributed by atoms with Gasteiger partial charge in [0, 0.05) is 19.7 Å². The molecule has 2 aromatic carbocycles. The maximum atomic E-state index is 12.5. The van der Waals surface area contributed by atoms with E-state index in [0.717, 1.165) is 30.3 Å². The minimum Gasteiger partial charge on any atom is -0.491 e. The summed E-state index contributed by atoms with van der Waals surface area (Å²) in [7, 11) is 1.52. The number of anilines is 1. The summed E-state index contributed by atoms with van der Waals surface area (Å²) in [6, 6.07) is 9.80. The molecule has 0 heterocycles. The molecule has 0 saturated heterocycles. The van der Waals surface area contributed by atoms with Crippen LogP contribution in [0.5, 0.6) is 5.75 Å². The summed E-state index contributed by atoms with van der Waals surface area (Å²) >= 11 is 0. The van der Waals surface area contributed by atoms with E-state index in [9.17, 15) is 28.4 Å². The number of likely N-dealkylation sites (N-methyl/N-ethyl adjacent to an activating group) is 1. The number of nitriles is 1. The molecule has 0 bridgehead atoms. The van der Waals surface area contributed by atoms with E-state index in [1.54, 1.807) is 0 Å². The van der Waals surface area contributed by atoms with Crippen LogP contribution in [0, 0.1) is 21.4 Å². The molecular formula is C18H16F3N3O4. The Balaban J connectivity index is 1.99. The zero-order valence-corrected chi connectivity index (χ0v) is 14.7. The van der Waals surface area contributed by atoms with E-state index in [0.29, 0.717) is 0 Å². The van der Waals surface area contributed by atoms with Gasteiger partial charge in [-0.3, -0.25) is 10.1 Å². The standard InChI is InChI=1S/C18H16F3N3O4/c1-23(16-7-2-12(9-22)8-17(16)24(26)27)10-14(25)11-28-15-5-3-13(4-6-15)18(19,20)21/h2-8,14,25H,10-11H2,1H3. The third kappa shape index (κ3) is 5.34. The van der Waals surface area contributed by atoms with E-state index < -0.39 is 22.8 Å². The minimum atomic E-state index is -4.45. The Kier molecular flexibility index (Phi) is 6.43. The molecule has 7 nitrogen and oxygen atoms in total. The normalized spacial score (nSPS) is 12.1. The van der Waals surface area contributed by atoms with Crippen molar-refractivity contribution < 1.29 is 27.9 Å². The summed E-state index contributed by atoms with van der Waals surface area (Å²) in [5, 5.41) is 30.1. The second kappa shape index (κ2) is 8.58. The fourth-order valence-electron chi connectivity index (χ4n) is 2.46. The van der Waals surface area contributed by atoms with Crippen LogP contribution in [0.25, 0.3) is 0 Å². The highest BCUT2D eigenvalue weighted by Crippen LogP contribution is 2.30. The molecule has 0 aliphatic rings. The number of nitro benzene ring substituents is 1. The molecule has 0 aliphatic carbocycles. The first-order valence-corrected chi connectivity index (χ1v) is 7.99. The van der Waals surface area contributed by atoms with Gasteiger partial charge in [0.15, 0.2) is 0 Å². The number of alkyl halides is 3. The molecule has 1 unspecified atom stereocenters. The maximum absolute atomic E-state index is 12.5. The van der Waals surface area contributed by atoms with E-state index in [4.69, 9.17) is 10.00 Å². The van der Waals surface area contributed by atoms with Crippen LogP contribution in [0.15, 0.2) is 42.5 Å². The van der Waals surface area contributed by atoms with E-state index in [1.165, 1.54) is 24.1 Å². The Morgan fingerprint density at radius 2 is 1.93 bits per heavy atom. The van der Waals surface area contributed by atoms with Crippen molar-refractivity contribution in [3.63, 3.8) is 0 Å². The average Bonchev–Trinajstić information content (AvgIpc) is 2.65. The van der Waals surface area contributed by atoms with Gasteiger partial charge in [0.25, 0.3) is 5.69 Å². The Morgan fingerprint density at radius 1 is 1.29 bits per heavy atom. The largest absolute Gasteiger partial charge is 0.491 e. The van der Waals surface area contributed by atoms with Crippen molar-refractivity contribution in [2.45, 2.75) is 12.3 Å². The molecule has 1 atom stereocenters. The summed E-state index contributed by atoms with van der Waals surface area (Å²) in [6.45, 7) is -0.257. The second-order valence-corrected chi connectivity index (χ2v) is 5.94. The molecule has 1 N–H and O–H groups in total. The van der Waals surface area contributed by atoms with Crippen molar-refractivity contribution in [2.24, 2.45) is 0 Å². The average molecular weight is 395 g/mol. The number of hydrogen-bond donors (Lipinski definition) is 1. The molecule has 2 aromatic rings. The number of rotatable bonds is 7. The fraction of sp³-hybridized carbons (Fsp3) is 0.278. The van der Waals surface area contributed by atoms with Crippen molar-refractivity contribution in [1.82, 2.24) is 0 Å². The highest BCUT2D eigenvalue weighted by molar-refractivity contribution is 5.65. The van der Waals surface area contributed by atoms with Crippen molar-refractivity contribution in [3.05, 3.63) is 63.7 Å². The molecule has 0 fully saturated rings. The van der Waals surface area contributed by atoms with Gasteiger partial charge in [-0.25, -0.2) is 0 Å². The van der Waals surface area contributed by atoms with Crippen LogP contribution in [-0.4, -0.2) is 36.3 Å². The van der Waals surface area contributed by atoms with Crippen molar-refractivity contribution >= 4 is 11.4 Å². The molecule has 0 aliphatic heterocycles. The fourth-order valence-corrected chi connectivity index (χ4v) is 2.46. The maximum Gasteiger partial charge on any atom is 0.416 e. The monoisotopic (exact) mass is 395 g/mol. The lowest BCUT2D eigenvalue weighted by atomic mass is 10.1. The van der Waals surface area contributed by atoms with Crippen LogP contribution < -0.4 is 9.64 Å². The van der Waals surface area contributed by atoms with E-state index in [2.05, 4.69) is 0 Å². The SMILES string of the molecule is CN(CC(O)COc1ccc(C(F)(F)F)cc1)c1ccc(C#N)cc1[N+](=O)[O-]. The van der Waals surface area contributed by atoms with Crippen LogP contribution in [0.2, 0.25) is 0 Å². The number of nitrogens with zero attached hydrogens (tertiary/aromatic N) is 3. The highest BCUT2D eigenvalue weighted by Gasteiger charge is 2.30. The van der Waals surface area contributed by atoms with Crippen LogP contribution in [0.1, 0.15) is 11.1 Å². The number of halogens is 3. The molecule has 0 aromatic heterocycles. The lowest BCUT2D eigenvalue weighted by Gasteiger charge is -2.22. The van der Waals surface area contributed by atoms with Gasteiger partial charge in [0.05, 0.1) is 22.1 Å². The van der Waals surface area contributed by atoms with Crippen LogP contribution in [-0.2, 0) is 6.18 Å². The van der Waals surface area contributed by atoms with Crippen molar-refractivity contribution in [3.8, 4) is 11.8 Å². The molecule has 10 heteroatoms. The van der Waals surface area contributed by atoms with E-state index in [-0.39, 0.29) is 35.8 Å². The van der Waals surface area contributed by atoms with E-state index in [1.807, 2.05) is 6.07 Å². The molecule has 0 amide bonds. The molecule has 0 saturated carbocycles. The smallest absolute Gasteiger partial charge is 0.416 e. The third-order valence-corrected chi connectivity index (χ3v) is 3.82. The van der Waals surface area contributed by atoms with Gasteiger partial charge in [-0.05, 0) is 36.4 Å². The number of aliphatic hydroxyl groups is 1. The molecule has 2 rings (SSSR count). The first kappa shape index (κ1) is 21.0. The number of ether oxygens (including phenoxy) is 1. The molecule has 0 radical (unpaired) electrons. The summed E-state index contributed by atoms with van der Waals surface area (Å²) in [4.78, 5) is 12.0. The predicted molar refractivity (Wildman–Crippen MR) is 94.0 cm³/mol. The van der Waals surface area contributed by atoms with Gasteiger partial charge in [-0.2, -0.15) is 18.4 Å². The van der Waals surface area contributed by atoms with Gasteiger partial charge >= 0.3 is 6.18 Å². The first-order chi connectivity index (χ1) is 13.1. The highest BCUT2D eigenvalue weighted by atomic mass is 19.4. The lowest BCUT2D eigenvalue weighted by Crippen LogP contribution is -2.33. The van der Waals surface area contributed by atoms with Gasteiger partial charge in [0.2, 0.25) is 0 Å². The number of aliphatic hydroxyl groups excluding tert-OH is 1. The number of benzene rings is 2. The zero-order chi connectivity index (χ0) is 20.9. The zero-order valence-electron chi connectivity index (χ0n) is 14.7. The summed E-state index contributed by atoms with van der Waals surface area (Å²) in [5.74, 6) is 0.152. The first-order valence-electron chi connectivity index (χ1n) is 7.99. The van der Waals surface area contributed by atoms with Crippen LogP contribution >= 0.6 is 0 Å². The predicted octanol–water partition coefficient (Wildman–Crippen LogP) is 3.36. The Labute approximate surface area is 158 Å². The summed E-state index contributed by atoms with van der Waals surface area (Å²) in [6.07, 6.45) is -5.51. The van der Waals surface area contributed by atoms with Crippen molar-refractivity contribution in [1.29, 1.82) is 5.26 Å². The topological polar surface area (TPSA) is 99.6 Å². The second-order valence-electron chi connectivity index (χ2n) is 5.94. The number of nitro groups is 1. The van der Waals surface area contributed by atoms with Gasteiger partial charge in [0.1, 0.15) is 24.1 Å². The lowest BCUT2D eigenvalue weighted by molar-refractivity contribution is -0.384. The molecular weight excluding hydrogens is 379 g/mol. The van der Waals surface area contributed by atoms with E-state index >= 15 is 0 Å². The molecule has 148 valence electrons.